The van der Waals surface area contributed by atoms with Gasteiger partial charge < -0.3 is 29.3 Å². The quantitative estimate of drug-likeness (QED) is 0.242. The molecule has 1 aliphatic heterocycles. The Balaban J connectivity index is 1.20. The predicted octanol–water partition coefficient (Wildman–Crippen LogP) is 4.29. The highest BCUT2D eigenvalue weighted by molar-refractivity contribution is 5.96. The van der Waals surface area contributed by atoms with Crippen molar-refractivity contribution in [3.8, 4) is 22.9 Å². The zero-order valence-corrected chi connectivity index (χ0v) is 27.8. The molecule has 0 bridgehead atoms. The molecule has 0 spiro atoms. The lowest BCUT2D eigenvalue weighted by Gasteiger charge is -2.35. The number of amides is 2. The molecule has 1 N–H and O–H groups in total. The number of halogens is 2. The van der Waals surface area contributed by atoms with Crippen molar-refractivity contribution < 1.29 is 32.6 Å². The molecule has 50 heavy (non-hydrogen) atoms. The van der Waals surface area contributed by atoms with Gasteiger partial charge in [-0.15, -0.1) is 0 Å². The van der Waals surface area contributed by atoms with Crippen LogP contribution in [0.2, 0.25) is 0 Å². The van der Waals surface area contributed by atoms with Gasteiger partial charge in [-0.25, -0.2) is 13.8 Å². The molecular formula is C36H34F2N6O6. The Kier molecular flexibility index (Phi) is 9.61. The summed E-state index contributed by atoms with van der Waals surface area (Å²) in [6, 6.07) is 15.9. The number of methoxy groups -OCH3 is 3. The highest BCUT2D eigenvalue weighted by Gasteiger charge is 2.26. The van der Waals surface area contributed by atoms with Crippen LogP contribution >= 0.6 is 0 Å². The van der Waals surface area contributed by atoms with Gasteiger partial charge in [-0.2, -0.15) is 4.98 Å². The molecule has 6 rings (SSSR count). The van der Waals surface area contributed by atoms with Crippen LogP contribution in [0.4, 0.5) is 14.7 Å². The minimum atomic E-state index is -0.751. The van der Waals surface area contributed by atoms with Crippen LogP contribution in [0.15, 0.2) is 71.5 Å². The lowest BCUT2D eigenvalue weighted by atomic mass is 10.1. The van der Waals surface area contributed by atoms with E-state index in [1.807, 2.05) is 11.8 Å². The second-order valence-corrected chi connectivity index (χ2v) is 11.5. The average Bonchev–Trinajstić information content (AvgIpc) is 3.13. The molecule has 12 nitrogen and oxygen atoms in total. The molecule has 3 heterocycles. The molecule has 0 atom stereocenters. The predicted molar refractivity (Wildman–Crippen MR) is 182 cm³/mol. The largest absolute Gasteiger partial charge is 0.493 e. The van der Waals surface area contributed by atoms with E-state index in [0.717, 1.165) is 12.1 Å². The standard InChI is InChI=1S/C36H34F2N6O6/c1-21-27-11-12-31(45)44(26-9-6-22(7-10-26)34(46)39-20-23-5-8-25(37)19-28(23)38)33(27)41-36(40-21)43-15-13-42(14-16-43)35(47)24-17-29(48-2)32(50-4)30(18-24)49-3/h5-12,17-19H,13-16,20H2,1-4H3,(H,39,46). The van der Waals surface area contributed by atoms with Gasteiger partial charge in [0.2, 0.25) is 11.7 Å². The van der Waals surface area contributed by atoms with E-state index in [-0.39, 0.29) is 29.1 Å². The van der Waals surface area contributed by atoms with Crippen LogP contribution in [0.5, 0.6) is 17.2 Å². The monoisotopic (exact) mass is 684 g/mol. The summed E-state index contributed by atoms with van der Waals surface area (Å²) in [6.45, 7) is 3.41. The third-order valence-electron chi connectivity index (χ3n) is 8.53. The van der Waals surface area contributed by atoms with Crippen molar-refractivity contribution in [2.75, 3.05) is 52.4 Å². The summed E-state index contributed by atoms with van der Waals surface area (Å²) < 4.78 is 44.9. The fourth-order valence-corrected chi connectivity index (χ4v) is 5.84. The van der Waals surface area contributed by atoms with Crippen molar-refractivity contribution >= 4 is 28.8 Å². The fraction of sp³-hybridized carbons (Fsp3) is 0.250. The molecule has 1 saturated heterocycles. The molecule has 14 heteroatoms. The van der Waals surface area contributed by atoms with Crippen molar-refractivity contribution in [1.82, 2.24) is 24.8 Å². The Morgan fingerprint density at radius 1 is 0.820 bits per heavy atom. The van der Waals surface area contributed by atoms with E-state index < -0.39 is 17.5 Å². The summed E-state index contributed by atoms with van der Waals surface area (Å²) in [6.07, 6.45) is 0. The number of nitrogens with one attached hydrogen (secondary N) is 1. The maximum Gasteiger partial charge on any atom is 0.256 e. The molecule has 2 amide bonds. The van der Waals surface area contributed by atoms with Gasteiger partial charge in [-0.1, -0.05) is 6.07 Å². The van der Waals surface area contributed by atoms with Crippen LogP contribution in [0.25, 0.3) is 16.7 Å². The maximum atomic E-state index is 14.0. The number of nitrogens with zero attached hydrogens (tertiary/aromatic N) is 5. The number of hydrogen-bond acceptors (Lipinski definition) is 9. The van der Waals surface area contributed by atoms with Gasteiger partial charge in [-0.3, -0.25) is 19.0 Å². The van der Waals surface area contributed by atoms with Crippen LogP contribution in [-0.2, 0) is 6.54 Å². The Hall–Kier alpha value is -6.05. The van der Waals surface area contributed by atoms with Gasteiger partial charge in [0.1, 0.15) is 11.6 Å². The summed E-state index contributed by atoms with van der Waals surface area (Å²) in [5, 5.41) is 3.30. The third kappa shape index (κ3) is 6.64. The van der Waals surface area contributed by atoms with Crippen LogP contribution in [-0.4, -0.2) is 78.8 Å². The smallest absolute Gasteiger partial charge is 0.256 e. The first-order valence-corrected chi connectivity index (χ1v) is 15.7. The minimum Gasteiger partial charge on any atom is -0.493 e. The maximum absolute atomic E-state index is 14.0. The normalized spacial score (nSPS) is 12.9. The van der Waals surface area contributed by atoms with Gasteiger partial charge in [0, 0.05) is 66.9 Å². The molecule has 258 valence electrons. The van der Waals surface area contributed by atoms with Gasteiger partial charge in [0.25, 0.3) is 17.4 Å². The van der Waals surface area contributed by atoms with Crippen LogP contribution in [0.3, 0.4) is 0 Å². The van der Waals surface area contributed by atoms with Crippen molar-refractivity contribution in [2.24, 2.45) is 0 Å². The average molecular weight is 685 g/mol. The van der Waals surface area contributed by atoms with E-state index in [2.05, 4.69) is 5.32 Å². The summed E-state index contributed by atoms with van der Waals surface area (Å²) in [5.41, 5.74) is 2.04. The zero-order chi connectivity index (χ0) is 35.5. The highest BCUT2D eigenvalue weighted by atomic mass is 19.1. The van der Waals surface area contributed by atoms with Crippen molar-refractivity contribution in [3.05, 3.63) is 111 Å². The molecule has 0 radical (unpaired) electrons. The number of benzene rings is 3. The number of ether oxygens (including phenoxy) is 3. The summed E-state index contributed by atoms with van der Waals surface area (Å²) >= 11 is 0. The van der Waals surface area contributed by atoms with E-state index in [9.17, 15) is 23.2 Å². The van der Waals surface area contributed by atoms with Gasteiger partial charge >= 0.3 is 0 Å². The Labute approximate surface area is 285 Å². The molecule has 0 aliphatic carbocycles. The highest BCUT2D eigenvalue weighted by Crippen LogP contribution is 2.38. The SMILES string of the molecule is COc1cc(C(=O)N2CCN(c3nc(C)c4ccc(=O)n(-c5ccc(C(=O)NCc6ccc(F)cc6F)cc5)c4n3)CC2)cc(OC)c1OC. The van der Waals surface area contributed by atoms with Gasteiger partial charge in [-0.05, 0) is 55.5 Å². The summed E-state index contributed by atoms with van der Waals surface area (Å²) in [7, 11) is 4.48. The molecule has 0 unspecified atom stereocenters. The number of aromatic nitrogens is 3. The van der Waals surface area contributed by atoms with Crippen LogP contribution in [0.1, 0.15) is 32.0 Å². The summed E-state index contributed by atoms with van der Waals surface area (Å²) in [4.78, 5) is 52.7. The minimum absolute atomic E-state index is 0.123. The summed E-state index contributed by atoms with van der Waals surface area (Å²) in [5.74, 6) is -0.518. The first-order valence-electron chi connectivity index (χ1n) is 15.7. The number of carbonyl (C=O) groups is 2. The number of aryl methyl sites for hydroxylation is 1. The van der Waals surface area contributed by atoms with Crippen molar-refractivity contribution in [1.29, 1.82) is 0 Å². The molecule has 1 aliphatic rings. The number of rotatable bonds is 9. The number of hydrogen-bond donors (Lipinski definition) is 1. The van der Waals surface area contributed by atoms with Gasteiger partial charge in [0.15, 0.2) is 17.1 Å². The van der Waals surface area contributed by atoms with E-state index in [1.165, 1.54) is 38.0 Å². The lowest BCUT2D eigenvalue weighted by Crippen LogP contribution is -2.49. The van der Waals surface area contributed by atoms with Crippen LogP contribution < -0.4 is 30.0 Å². The number of carbonyl (C=O) groups excluding carboxylic acids is 2. The molecular weight excluding hydrogens is 650 g/mol. The molecule has 2 aromatic heterocycles. The molecule has 5 aromatic rings. The van der Waals surface area contributed by atoms with E-state index in [4.69, 9.17) is 24.2 Å². The number of pyridine rings is 1. The lowest BCUT2D eigenvalue weighted by molar-refractivity contribution is 0.0745. The van der Waals surface area contributed by atoms with E-state index >= 15 is 0 Å². The first-order chi connectivity index (χ1) is 24.1. The van der Waals surface area contributed by atoms with E-state index in [1.54, 1.807) is 47.4 Å². The molecule has 3 aromatic carbocycles. The molecule has 0 saturated carbocycles. The second kappa shape index (κ2) is 14.2. The first kappa shape index (κ1) is 33.8. The molecule has 1 fully saturated rings. The number of anilines is 1. The van der Waals surface area contributed by atoms with Crippen molar-refractivity contribution in [3.63, 3.8) is 0 Å². The van der Waals surface area contributed by atoms with E-state index in [0.29, 0.717) is 77.4 Å². The Morgan fingerprint density at radius 2 is 1.50 bits per heavy atom. The number of piperazine rings is 1. The fourth-order valence-electron chi connectivity index (χ4n) is 5.84. The topological polar surface area (TPSA) is 128 Å². The van der Waals surface area contributed by atoms with Crippen molar-refractivity contribution in [2.45, 2.75) is 13.5 Å². The van der Waals surface area contributed by atoms with Gasteiger partial charge in [0.05, 0.1) is 32.7 Å². The van der Waals surface area contributed by atoms with Crippen LogP contribution in [0, 0.1) is 18.6 Å². The second-order valence-electron chi connectivity index (χ2n) is 11.5. The zero-order valence-electron chi connectivity index (χ0n) is 27.8. The Bertz CT molecular complexity index is 2120. The third-order valence-corrected chi connectivity index (χ3v) is 8.53. The Morgan fingerprint density at radius 3 is 2.12 bits per heavy atom. The number of fused-ring (bicyclic) bond motifs is 1.